The minimum atomic E-state index is 0.0997. The molecule has 23 heavy (non-hydrogen) atoms. The van der Waals surface area contributed by atoms with Gasteiger partial charge in [0, 0.05) is 25.0 Å². The molecular formula is C18H26N2O3. The lowest BCUT2D eigenvalue weighted by molar-refractivity contribution is -0.125. The predicted molar refractivity (Wildman–Crippen MR) is 85.8 cm³/mol. The van der Waals surface area contributed by atoms with Crippen LogP contribution >= 0.6 is 0 Å². The van der Waals surface area contributed by atoms with Gasteiger partial charge in [0.05, 0.1) is 19.3 Å². The number of nitrogens with one attached hydrogen (secondary N) is 1. The second kappa shape index (κ2) is 6.29. The van der Waals surface area contributed by atoms with Crippen molar-refractivity contribution in [2.24, 2.45) is 11.8 Å². The Kier molecular flexibility index (Phi) is 4.16. The average molecular weight is 318 g/mol. The normalized spacial score (nSPS) is 31.1. The zero-order valence-electron chi connectivity index (χ0n) is 13.8. The van der Waals surface area contributed by atoms with Gasteiger partial charge in [-0.3, -0.25) is 9.69 Å². The third-order valence-corrected chi connectivity index (χ3v) is 5.44. The van der Waals surface area contributed by atoms with E-state index in [-0.39, 0.29) is 17.9 Å². The van der Waals surface area contributed by atoms with E-state index >= 15 is 0 Å². The molecule has 3 aliphatic rings. The summed E-state index contributed by atoms with van der Waals surface area (Å²) in [4.78, 5) is 14.8. The SMILES string of the molecule is Cc1ccc(CN2CCO[C@@H]3C[C@@H](C(=O)NCC4CC4)C[C@H]32)o1. The zero-order chi connectivity index (χ0) is 15.8. The number of fused-ring (bicyclic) bond motifs is 1. The first kappa shape index (κ1) is 15.2. The van der Waals surface area contributed by atoms with Gasteiger partial charge >= 0.3 is 0 Å². The van der Waals surface area contributed by atoms with Crippen molar-refractivity contribution in [3.8, 4) is 0 Å². The van der Waals surface area contributed by atoms with E-state index in [0.717, 1.165) is 56.5 Å². The maximum absolute atomic E-state index is 12.4. The van der Waals surface area contributed by atoms with E-state index in [1.54, 1.807) is 0 Å². The van der Waals surface area contributed by atoms with Gasteiger partial charge in [0.1, 0.15) is 11.5 Å². The molecule has 3 fully saturated rings. The fraction of sp³-hybridized carbons (Fsp3) is 0.722. The van der Waals surface area contributed by atoms with E-state index in [4.69, 9.17) is 9.15 Å². The van der Waals surface area contributed by atoms with Crippen LogP contribution < -0.4 is 5.32 Å². The molecular weight excluding hydrogens is 292 g/mol. The molecule has 0 radical (unpaired) electrons. The lowest BCUT2D eigenvalue weighted by atomic mass is 10.1. The molecule has 1 N–H and O–H groups in total. The molecule has 5 heteroatoms. The summed E-state index contributed by atoms with van der Waals surface area (Å²) in [5, 5.41) is 3.13. The summed E-state index contributed by atoms with van der Waals surface area (Å²) in [6.45, 7) is 5.31. The monoisotopic (exact) mass is 318 g/mol. The van der Waals surface area contributed by atoms with E-state index in [2.05, 4.69) is 16.3 Å². The van der Waals surface area contributed by atoms with Gasteiger partial charge in [-0.2, -0.15) is 0 Å². The van der Waals surface area contributed by atoms with Gasteiger partial charge < -0.3 is 14.5 Å². The molecule has 0 aromatic carbocycles. The lowest BCUT2D eigenvalue weighted by Crippen LogP contribution is -2.47. The number of hydrogen-bond donors (Lipinski definition) is 1. The molecule has 1 aromatic rings. The Morgan fingerprint density at radius 3 is 2.96 bits per heavy atom. The standard InChI is InChI=1S/C18H26N2O3/c1-12-2-5-15(23-12)11-20-6-7-22-17-9-14(8-16(17)20)18(21)19-10-13-3-4-13/h2,5,13-14,16-17H,3-4,6-11H2,1H3,(H,19,21)/t14-,16+,17+/m0/s1. The first-order chi connectivity index (χ1) is 11.2. The van der Waals surface area contributed by atoms with Gasteiger partial charge in [0.15, 0.2) is 0 Å². The summed E-state index contributed by atoms with van der Waals surface area (Å²) in [6.07, 6.45) is 4.50. The quantitative estimate of drug-likeness (QED) is 0.903. The Bertz CT molecular complexity index is 566. The molecule has 1 aromatic heterocycles. The summed E-state index contributed by atoms with van der Waals surface area (Å²) in [7, 11) is 0. The first-order valence-electron chi connectivity index (χ1n) is 8.87. The highest BCUT2D eigenvalue weighted by Crippen LogP contribution is 2.35. The zero-order valence-corrected chi connectivity index (χ0v) is 13.8. The number of carbonyl (C=O) groups is 1. The summed E-state index contributed by atoms with van der Waals surface area (Å²) in [5.74, 6) is 3.02. The van der Waals surface area contributed by atoms with E-state index in [1.165, 1.54) is 12.8 Å². The van der Waals surface area contributed by atoms with Crippen molar-refractivity contribution in [2.45, 2.75) is 51.3 Å². The third-order valence-electron chi connectivity index (χ3n) is 5.44. The average Bonchev–Trinajstić information content (AvgIpc) is 3.12. The van der Waals surface area contributed by atoms with Crippen LogP contribution in [0.15, 0.2) is 16.5 Å². The van der Waals surface area contributed by atoms with Crippen LogP contribution in [0.3, 0.4) is 0 Å². The molecule has 2 heterocycles. The van der Waals surface area contributed by atoms with E-state index in [9.17, 15) is 4.79 Å². The summed E-state index contributed by atoms with van der Waals surface area (Å²) >= 11 is 0. The van der Waals surface area contributed by atoms with Crippen LogP contribution in [-0.2, 0) is 16.1 Å². The predicted octanol–water partition coefficient (Wildman–Crippen LogP) is 2.09. The molecule has 4 rings (SSSR count). The highest BCUT2D eigenvalue weighted by Gasteiger charge is 2.43. The van der Waals surface area contributed by atoms with Crippen molar-refractivity contribution < 1.29 is 13.9 Å². The number of furan rings is 1. The highest BCUT2D eigenvalue weighted by atomic mass is 16.5. The number of amides is 1. The van der Waals surface area contributed by atoms with Crippen LogP contribution in [0.1, 0.15) is 37.2 Å². The Hall–Kier alpha value is -1.33. The third kappa shape index (κ3) is 3.45. The molecule has 0 bridgehead atoms. The van der Waals surface area contributed by atoms with Crippen LogP contribution in [0.4, 0.5) is 0 Å². The van der Waals surface area contributed by atoms with Gasteiger partial charge in [-0.1, -0.05) is 0 Å². The molecule has 0 unspecified atom stereocenters. The van der Waals surface area contributed by atoms with Gasteiger partial charge in [0.2, 0.25) is 5.91 Å². The van der Waals surface area contributed by atoms with Gasteiger partial charge in [-0.15, -0.1) is 0 Å². The van der Waals surface area contributed by atoms with Crippen LogP contribution in [0, 0.1) is 18.8 Å². The van der Waals surface area contributed by atoms with E-state index < -0.39 is 0 Å². The topological polar surface area (TPSA) is 54.7 Å². The molecule has 2 saturated carbocycles. The molecule has 2 aliphatic carbocycles. The minimum Gasteiger partial charge on any atom is -0.465 e. The van der Waals surface area contributed by atoms with Crippen LogP contribution in [0.2, 0.25) is 0 Å². The molecule has 3 atom stereocenters. The molecule has 5 nitrogen and oxygen atoms in total. The Balaban J connectivity index is 1.36. The minimum absolute atomic E-state index is 0.0997. The van der Waals surface area contributed by atoms with Crippen molar-refractivity contribution in [3.63, 3.8) is 0 Å². The number of nitrogens with zero attached hydrogens (tertiary/aromatic N) is 1. The van der Waals surface area contributed by atoms with Crippen molar-refractivity contribution in [1.29, 1.82) is 0 Å². The Morgan fingerprint density at radius 1 is 1.35 bits per heavy atom. The van der Waals surface area contributed by atoms with Crippen LogP contribution in [0.5, 0.6) is 0 Å². The van der Waals surface area contributed by atoms with Gasteiger partial charge in [-0.25, -0.2) is 0 Å². The second-order valence-corrected chi connectivity index (χ2v) is 7.32. The fourth-order valence-electron chi connectivity index (χ4n) is 3.92. The number of hydrogen-bond acceptors (Lipinski definition) is 4. The first-order valence-corrected chi connectivity index (χ1v) is 8.87. The van der Waals surface area contributed by atoms with Gasteiger partial charge in [0.25, 0.3) is 0 Å². The van der Waals surface area contributed by atoms with Crippen LogP contribution in [0.25, 0.3) is 0 Å². The van der Waals surface area contributed by atoms with Crippen molar-refractivity contribution in [3.05, 3.63) is 23.7 Å². The van der Waals surface area contributed by atoms with E-state index in [0.29, 0.717) is 6.04 Å². The van der Waals surface area contributed by atoms with Crippen molar-refractivity contribution in [2.75, 3.05) is 19.7 Å². The highest BCUT2D eigenvalue weighted by molar-refractivity contribution is 5.79. The van der Waals surface area contributed by atoms with E-state index in [1.807, 2.05) is 13.0 Å². The molecule has 0 spiro atoms. The van der Waals surface area contributed by atoms with Crippen molar-refractivity contribution in [1.82, 2.24) is 10.2 Å². The molecule has 1 amide bonds. The molecule has 1 aliphatic heterocycles. The van der Waals surface area contributed by atoms with Gasteiger partial charge in [-0.05, 0) is 50.7 Å². The molecule has 126 valence electrons. The number of aryl methyl sites for hydroxylation is 1. The maximum atomic E-state index is 12.4. The maximum Gasteiger partial charge on any atom is 0.223 e. The van der Waals surface area contributed by atoms with Crippen molar-refractivity contribution >= 4 is 5.91 Å². The smallest absolute Gasteiger partial charge is 0.223 e. The van der Waals surface area contributed by atoms with Crippen LogP contribution in [-0.4, -0.2) is 42.6 Å². The fourth-order valence-corrected chi connectivity index (χ4v) is 3.92. The Labute approximate surface area is 137 Å². The summed E-state index contributed by atoms with van der Waals surface area (Å²) in [5.41, 5.74) is 0. The largest absolute Gasteiger partial charge is 0.465 e. The lowest BCUT2D eigenvalue weighted by Gasteiger charge is -2.37. The number of ether oxygens (including phenoxy) is 1. The Morgan fingerprint density at radius 2 is 2.22 bits per heavy atom. The number of rotatable bonds is 5. The number of morpholine rings is 1. The summed E-state index contributed by atoms with van der Waals surface area (Å²) < 4.78 is 11.7. The summed E-state index contributed by atoms with van der Waals surface area (Å²) in [6, 6.07) is 4.40. The second-order valence-electron chi connectivity index (χ2n) is 7.32. The molecule has 1 saturated heterocycles. The number of carbonyl (C=O) groups excluding carboxylic acids is 1.